The van der Waals surface area contributed by atoms with E-state index in [9.17, 15) is 4.79 Å². The summed E-state index contributed by atoms with van der Waals surface area (Å²) in [6.45, 7) is 1.22. The highest BCUT2D eigenvalue weighted by atomic mass is 16.5. The molecule has 0 saturated heterocycles. The highest BCUT2D eigenvalue weighted by Crippen LogP contribution is 2.38. The number of ether oxygens (including phenoxy) is 1. The van der Waals surface area contributed by atoms with Gasteiger partial charge in [0, 0.05) is 30.1 Å². The van der Waals surface area contributed by atoms with Crippen LogP contribution in [-0.4, -0.2) is 27.6 Å². The maximum absolute atomic E-state index is 13.5. The lowest BCUT2D eigenvalue weighted by atomic mass is 9.83. The van der Waals surface area contributed by atoms with Gasteiger partial charge in [0.1, 0.15) is 17.7 Å². The normalized spacial score (nSPS) is 14.7. The lowest BCUT2D eigenvalue weighted by Crippen LogP contribution is -2.32. The highest BCUT2D eigenvalue weighted by Gasteiger charge is 2.32. The second-order valence-electron chi connectivity index (χ2n) is 10.2. The minimum absolute atomic E-state index is 0.111. The van der Waals surface area contributed by atoms with Crippen LogP contribution in [0.15, 0.2) is 85.3 Å². The molecule has 1 aliphatic rings. The first-order chi connectivity index (χ1) is 18.7. The molecule has 2 heterocycles. The number of amides is 1. The average molecular weight is 505 g/mol. The Labute approximate surface area is 222 Å². The van der Waals surface area contributed by atoms with Crippen molar-refractivity contribution in [3.8, 4) is 5.75 Å². The second kappa shape index (κ2) is 10.7. The third-order valence-electron chi connectivity index (χ3n) is 7.89. The third kappa shape index (κ3) is 4.74. The number of fused-ring (bicyclic) bond motifs is 3. The van der Waals surface area contributed by atoms with E-state index in [0.29, 0.717) is 19.0 Å². The smallest absolute Gasteiger partial charge is 0.228 e. The van der Waals surface area contributed by atoms with Crippen LogP contribution in [0.2, 0.25) is 0 Å². The number of methoxy groups -OCH3 is 1. The molecule has 1 saturated carbocycles. The molecule has 1 aliphatic carbocycles. The van der Waals surface area contributed by atoms with E-state index in [0.717, 1.165) is 51.7 Å². The van der Waals surface area contributed by atoms with Gasteiger partial charge in [-0.2, -0.15) is 0 Å². The van der Waals surface area contributed by atoms with Crippen LogP contribution < -0.4 is 10.1 Å². The Morgan fingerprint density at radius 1 is 0.974 bits per heavy atom. The number of hydrogen-bond donors (Lipinski definition) is 1. The van der Waals surface area contributed by atoms with Crippen LogP contribution in [0.4, 0.5) is 0 Å². The fourth-order valence-corrected chi connectivity index (χ4v) is 5.92. The molecule has 0 bridgehead atoms. The molecule has 1 N–H and O–H groups in total. The number of para-hydroxylation sites is 1. The first-order valence-electron chi connectivity index (χ1n) is 13.4. The number of nitrogens with zero attached hydrogens (tertiary/aromatic N) is 3. The van der Waals surface area contributed by atoms with Gasteiger partial charge in [-0.1, -0.05) is 67.4 Å². The minimum atomic E-state index is -0.134. The standard InChI is InChI=1S/C32H32N4O2/c1-38-26-16-12-22(13-17-26)18-34-32(37)30(24-6-2-3-7-24)25-14-10-23(11-15-25)20-36-29-9-5-4-8-27(29)28-19-33-21-35-31(28)36/h4-5,8-17,19,21,24,30H,2-3,6-7,18,20H2,1H3,(H,34,37). The summed E-state index contributed by atoms with van der Waals surface area (Å²) in [4.78, 5) is 22.3. The van der Waals surface area contributed by atoms with E-state index in [1.165, 1.54) is 18.4 Å². The molecule has 3 aromatic carbocycles. The number of aromatic nitrogens is 3. The van der Waals surface area contributed by atoms with Crippen LogP contribution in [-0.2, 0) is 17.9 Å². The first-order valence-corrected chi connectivity index (χ1v) is 13.4. The van der Waals surface area contributed by atoms with Gasteiger partial charge in [-0.05, 0) is 53.6 Å². The average Bonchev–Trinajstić information content (AvgIpc) is 3.61. The van der Waals surface area contributed by atoms with Crippen molar-refractivity contribution < 1.29 is 9.53 Å². The fraction of sp³-hybridized carbons (Fsp3) is 0.281. The first kappa shape index (κ1) is 24.2. The Balaban J connectivity index is 1.23. The molecule has 1 unspecified atom stereocenters. The van der Waals surface area contributed by atoms with Crippen LogP contribution in [0.3, 0.4) is 0 Å². The van der Waals surface area contributed by atoms with Gasteiger partial charge in [0.15, 0.2) is 0 Å². The quantitative estimate of drug-likeness (QED) is 0.272. The van der Waals surface area contributed by atoms with Gasteiger partial charge in [0.25, 0.3) is 0 Å². The number of hydrogen-bond acceptors (Lipinski definition) is 4. The summed E-state index contributed by atoms with van der Waals surface area (Å²) < 4.78 is 7.50. The Bertz CT molecular complexity index is 1500. The zero-order chi connectivity index (χ0) is 25.9. The molecule has 38 heavy (non-hydrogen) atoms. The summed E-state index contributed by atoms with van der Waals surface area (Å²) in [5, 5.41) is 5.43. The molecule has 6 heteroatoms. The Hall–Kier alpha value is -4.19. The predicted octanol–water partition coefficient (Wildman–Crippen LogP) is 6.23. The summed E-state index contributed by atoms with van der Waals surface area (Å²) in [5.41, 5.74) is 5.42. The number of rotatable bonds is 8. The van der Waals surface area contributed by atoms with Gasteiger partial charge < -0.3 is 14.6 Å². The largest absolute Gasteiger partial charge is 0.497 e. The van der Waals surface area contributed by atoms with E-state index in [1.807, 2.05) is 30.5 Å². The summed E-state index contributed by atoms with van der Waals surface area (Å²) in [6, 6.07) is 24.8. The van der Waals surface area contributed by atoms with Crippen molar-refractivity contribution in [2.24, 2.45) is 5.92 Å². The molecular weight excluding hydrogens is 472 g/mol. The SMILES string of the molecule is COc1ccc(CNC(=O)C(c2ccc(Cn3c4ccccc4c4cncnc43)cc2)C2CCCC2)cc1. The van der Waals surface area contributed by atoms with E-state index in [4.69, 9.17) is 4.74 Å². The Morgan fingerprint density at radius 2 is 1.71 bits per heavy atom. The van der Waals surface area contributed by atoms with E-state index < -0.39 is 0 Å². The van der Waals surface area contributed by atoms with Gasteiger partial charge in [-0.25, -0.2) is 9.97 Å². The second-order valence-corrected chi connectivity index (χ2v) is 10.2. The molecule has 192 valence electrons. The van der Waals surface area contributed by atoms with Crippen molar-refractivity contribution in [1.82, 2.24) is 19.9 Å². The monoisotopic (exact) mass is 504 g/mol. The molecule has 2 aromatic heterocycles. The zero-order valence-corrected chi connectivity index (χ0v) is 21.6. The molecule has 6 nitrogen and oxygen atoms in total. The van der Waals surface area contributed by atoms with Crippen molar-refractivity contribution in [3.05, 3.63) is 102 Å². The van der Waals surface area contributed by atoms with Gasteiger partial charge >= 0.3 is 0 Å². The Morgan fingerprint density at radius 3 is 2.47 bits per heavy atom. The van der Waals surface area contributed by atoms with Gasteiger partial charge in [-0.15, -0.1) is 0 Å². The van der Waals surface area contributed by atoms with Crippen LogP contribution in [0.5, 0.6) is 5.75 Å². The van der Waals surface area contributed by atoms with Crippen LogP contribution in [0, 0.1) is 5.92 Å². The van der Waals surface area contributed by atoms with Crippen molar-refractivity contribution in [3.63, 3.8) is 0 Å². The van der Waals surface area contributed by atoms with E-state index in [1.54, 1.807) is 13.4 Å². The van der Waals surface area contributed by atoms with Gasteiger partial charge in [-0.3, -0.25) is 4.79 Å². The van der Waals surface area contributed by atoms with Gasteiger partial charge in [0.2, 0.25) is 5.91 Å². The molecule has 1 atom stereocenters. The Kier molecular flexibility index (Phi) is 6.78. The van der Waals surface area contributed by atoms with Crippen molar-refractivity contribution >= 4 is 27.8 Å². The lowest BCUT2D eigenvalue weighted by molar-refractivity contribution is -0.123. The summed E-state index contributed by atoms with van der Waals surface area (Å²) in [6.07, 6.45) is 8.09. The molecule has 1 fully saturated rings. The molecule has 6 rings (SSSR count). The third-order valence-corrected chi connectivity index (χ3v) is 7.89. The van der Waals surface area contributed by atoms with Crippen LogP contribution in [0.25, 0.3) is 21.9 Å². The summed E-state index contributed by atoms with van der Waals surface area (Å²) in [5.74, 6) is 1.17. The number of nitrogens with one attached hydrogen (secondary N) is 1. The number of carbonyl (C=O) groups is 1. The van der Waals surface area contributed by atoms with Crippen LogP contribution >= 0.6 is 0 Å². The molecular formula is C32H32N4O2. The van der Waals surface area contributed by atoms with Crippen molar-refractivity contribution in [2.75, 3.05) is 7.11 Å². The highest BCUT2D eigenvalue weighted by molar-refractivity contribution is 6.06. The maximum Gasteiger partial charge on any atom is 0.228 e. The van der Waals surface area contributed by atoms with E-state index >= 15 is 0 Å². The molecule has 0 radical (unpaired) electrons. The minimum Gasteiger partial charge on any atom is -0.497 e. The fourth-order valence-electron chi connectivity index (χ4n) is 5.92. The number of carbonyl (C=O) groups excluding carboxylic acids is 1. The topological polar surface area (TPSA) is 69.0 Å². The molecule has 0 spiro atoms. The maximum atomic E-state index is 13.5. The predicted molar refractivity (Wildman–Crippen MR) is 150 cm³/mol. The van der Waals surface area contributed by atoms with E-state index in [-0.39, 0.29) is 11.8 Å². The summed E-state index contributed by atoms with van der Waals surface area (Å²) in [7, 11) is 1.66. The molecule has 0 aliphatic heterocycles. The summed E-state index contributed by atoms with van der Waals surface area (Å²) >= 11 is 0. The zero-order valence-electron chi connectivity index (χ0n) is 21.6. The molecule has 5 aromatic rings. The number of benzene rings is 3. The van der Waals surface area contributed by atoms with Crippen molar-refractivity contribution in [2.45, 2.75) is 44.7 Å². The lowest BCUT2D eigenvalue weighted by Gasteiger charge is -2.23. The van der Waals surface area contributed by atoms with Gasteiger partial charge in [0.05, 0.1) is 18.5 Å². The van der Waals surface area contributed by atoms with Crippen molar-refractivity contribution in [1.29, 1.82) is 0 Å². The van der Waals surface area contributed by atoms with Crippen LogP contribution in [0.1, 0.15) is 48.3 Å². The molecule has 1 amide bonds. The van der Waals surface area contributed by atoms with E-state index in [2.05, 4.69) is 68.4 Å².